The zero-order valence-corrected chi connectivity index (χ0v) is 18.1. The predicted octanol–water partition coefficient (Wildman–Crippen LogP) is 3.96. The summed E-state index contributed by atoms with van der Waals surface area (Å²) in [7, 11) is 1.66. The third-order valence-corrected chi connectivity index (χ3v) is 2.95. The average molecular weight is 449 g/mol. The van der Waals surface area contributed by atoms with Crippen LogP contribution in [0.2, 0.25) is 0 Å². The number of nitrogens with zero attached hydrogens (tertiary/aromatic N) is 1. The van der Waals surface area contributed by atoms with Crippen molar-refractivity contribution in [3.8, 4) is 11.5 Å². The molecular formula is C18H32IN3O2. The van der Waals surface area contributed by atoms with Crippen molar-refractivity contribution in [3.63, 3.8) is 0 Å². The van der Waals surface area contributed by atoms with Crippen molar-refractivity contribution in [3.05, 3.63) is 23.8 Å². The monoisotopic (exact) mass is 449 g/mol. The predicted molar refractivity (Wildman–Crippen MR) is 112 cm³/mol. The Bertz CT molecular complexity index is 513. The van der Waals surface area contributed by atoms with E-state index in [1.54, 1.807) is 7.11 Å². The van der Waals surface area contributed by atoms with E-state index in [1.165, 1.54) is 0 Å². The third kappa shape index (κ3) is 8.61. The molecule has 0 saturated carbocycles. The topological polar surface area (TPSA) is 54.9 Å². The fraction of sp³-hybridized carbons (Fsp3) is 0.611. The molecule has 6 heteroatoms. The molecule has 24 heavy (non-hydrogen) atoms. The lowest BCUT2D eigenvalue weighted by Crippen LogP contribution is -2.47. The van der Waals surface area contributed by atoms with Gasteiger partial charge in [-0.1, -0.05) is 13.0 Å². The van der Waals surface area contributed by atoms with E-state index < -0.39 is 0 Å². The van der Waals surface area contributed by atoms with Gasteiger partial charge in [-0.05, 0) is 51.8 Å². The molecule has 0 amide bonds. The van der Waals surface area contributed by atoms with Crippen molar-refractivity contribution >= 4 is 29.9 Å². The number of benzene rings is 1. The van der Waals surface area contributed by atoms with Gasteiger partial charge in [0.1, 0.15) is 0 Å². The Labute approximate surface area is 163 Å². The first-order valence-corrected chi connectivity index (χ1v) is 8.25. The maximum atomic E-state index is 5.68. The molecule has 0 spiro atoms. The van der Waals surface area contributed by atoms with Crippen LogP contribution in [-0.2, 0) is 6.54 Å². The molecule has 0 atom stereocenters. The summed E-state index contributed by atoms with van der Waals surface area (Å²) >= 11 is 0. The highest BCUT2D eigenvalue weighted by molar-refractivity contribution is 14.0. The van der Waals surface area contributed by atoms with Crippen molar-refractivity contribution in [2.75, 3.05) is 20.3 Å². The fourth-order valence-electron chi connectivity index (χ4n) is 1.97. The first kappa shape index (κ1) is 22.8. The maximum absolute atomic E-state index is 5.68. The molecule has 1 aromatic carbocycles. The highest BCUT2D eigenvalue weighted by Gasteiger charge is 2.12. The summed E-state index contributed by atoms with van der Waals surface area (Å²) in [5.74, 6) is 2.34. The molecule has 2 N–H and O–H groups in total. The highest BCUT2D eigenvalue weighted by Crippen LogP contribution is 2.28. The summed E-state index contributed by atoms with van der Waals surface area (Å²) in [6, 6.07) is 5.95. The third-order valence-electron chi connectivity index (χ3n) is 2.95. The normalized spacial score (nSPS) is 11.5. The molecule has 0 bridgehead atoms. The molecule has 0 unspecified atom stereocenters. The van der Waals surface area contributed by atoms with Crippen LogP contribution in [0.5, 0.6) is 11.5 Å². The Kier molecular flexibility index (Phi) is 10.8. The Morgan fingerprint density at radius 2 is 1.88 bits per heavy atom. The van der Waals surface area contributed by atoms with Gasteiger partial charge in [-0.25, -0.2) is 4.99 Å². The first-order valence-electron chi connectivity index (χ1n) is 8.25. The minimum Gasteiger partial charge on any atom is -0.493 e. The molecule has 0 aromatic heterocycles. The zero-order valence-electron chi connectivity index (χ0n) is 15.7. The number of hydrogen-bond donors (Lipinski definition) is 2. The largest absolute Gasteiger partial charge is 0.493 e. The van der Waals surface area contributed by atoms with Gasteiger partial charge in [-0.3, -0.25) is 0 Å². The molecule has 0 fully saturated rings. The summed E-state index contributed by atoms with van der Waals surface area (Å²) in [4.78, 5) is 4.63. The lowest BCUT2D eigenvalue weighted by molar-refractivity contribution is 0.294. The summed E-state index contributed by atoms with van der Waals surface area (Å²) in [6.07, 6.45) is 0.972. The summed E-state index contributed by atoms with van der Waals surface area (Å²) < 4.78 is 11.1. The van der Waals surface area contributed by atoms with Gasteiger partial charge in [-0.15, -0.1) is 24.0 Å². The quantitative estimate of drug-likeness (QED) is 0.376. The SMILES string of the molecule is CCCOc1ccc(CN=C(NCC)NC(C)(C)C)cc1OC.I. The molecule has 1 rings (SSSR count). The number of ether oxygens (including phenoxy) is 2. The molecule has 0 saturated heterocycles. The second-order valence-electron chi connectivity index (χ2n) is 6.40. The van der Waals surface area contributed by atoms with Gasteiger partial charge in [0.05, 0.1) is 20.3 Å². The van der Waals surface area contributed by atoms with Crippen molar-refractivity contribution < 1.29 is 9.47 Å². The molecule has 5 nitrogen and oxygen atoms in total. The van der Waals surface area contributed by atoms with Crippen LogP contribution in [0.15, 0.2) is 23.2 Å². The van der Waals surface area contributed by atoms with Gasteiger partial charge in [-0.2, -0.15) is 0 Å². The Balaban J connectivity index is 0.00000529. The van der Waals surface area contributed by atoms with Crippen molar-refractivity contribution in [2.45, 2.75) is 53.1 Å². The average Bonchev–Trinajstić information content (AvgIpc) is 2.49. The number of nitrogens with one attached hydrogen (secondary N) is 2. The van der Waals surface area contributed by atoms with Gasteiger partial charge in [0, 0.05) is 12.1 Å². The van der Waals surface area contributed by atoms with E-state index in [-0.39, 0.29) is 29.5 Å². The smallest absolute Gasteiger partial charge is 0.191 e. The zero-order chi connectivity index (χ0) is 17.3. The molecule has 0 radical (unpaired) electrons. The van der Waals surface area contributed by atoms with Crippen LogP contribution >= 0.6 is 24.0 Å². The van der Waals surface area contributed by atoms with Crippen LogP contribution in [-0.4, -0.2) is 31.8 Å². The summed E-state index contributed by atoms with van der Waals surface area (Å²) in [6.45, 7) is 12.6. The van der Waals surface area contributed by atoms with Crippen LogP contribution in [0.3, 0.4) is 0 Å². The highest BCUT2D eigenvalue weighted by atomic mass is 127. The van der Waals surface area contributed by atoms with E-state index in [2.05, 4.69) is 50.2 Å². The number of methoxy groups -OCH3 is 1. The van der Waals surface area contributed by atoms with Crippen LogP contribution in [0.4, 0.5) is 0 Å². The maximum Gasteiger partial charge on any atom is 0.191 e. The van der Waals surface area contributed by atoms with E-state index in [1.807, 2.05) is 18.2 Å². The second-order valence-corrected chi connectivity index (χ2v) is 6.40. The number of hydrogen-bond acceptors (Lipinski definition) is 3. The van der Waals surface area contributed by atoms with Gasteiger partial charge in [0.2, 0.25) is 0 Å². The van der Waals surface area contributed by atoms with Crippen LogP contribution < -0.4 is 20.1 Å². The second kappa shape index (κ2) is 11.4. The minimum atomic E-state index is -0.0312. The summed E-state index contributed by atoms with van der Waals surface area (Å²) in [5.41, 5.74) is 1.05. The Morgan fingerprint density at radius 3 is 2.42 bits per heavy atom. The molecule has 0 aliphatic heterocycles. The van der Waals surface area contributed by atoms with Gasteiger partial charge in [0.15, 0.2) is 17.5 Å². The van der Waals surface area contributed by atoms with Crippen molar-refractivity contribution in [2.24, 2.45) is 4.99 Å². The molecule has 0 aliphatic carbocycles. The van der Waals surface area contributed by atoms with E-state index >= 15 is 0 Å². The van der Waals surface area contributed by atoms with Crippen molar-refractivity contribution in [1.29, 1.82) is 0 Å². The lowest BCUT2D eigenvalue weighted by atomic mass is 10.1. The van der Waals surface area contributed by atoms with Crippen LogP contribution in [0.1, 0.15) is 46.6 Å². The van der Waals surface area contributed by atoms with E-state index in [0.29, 0.717) is 13.2 Å². The number of halogens is 1. The van der Waals surface area contributed by atoms with Gasteiger partial charge < -0.3 is 20.1 Å². The summed E-state index contributed by atoms with van der Waals surface area (Å²) in [5, 5.41) is 6.64. The van der Waals surface area contributed by atoms with Crippen molar-refractivity contribution in [1.82, 2.24) is 10.6 Å². The fourth-order valence-corrected chi connectivity index (χ4v) is 1.97. The Hall–Kier alpha value is -1.18. The standard InChI is InChI=1S/C18H31N3O2.HI/c1-7-11-23-15-10-9-14(12-16(15)22-6)13-20-17(19-8-2)21-18(3,4)5;/h9-10,12H,7-8,11,13H2,1-6H3,(H2,19,20,21);1H. The number of rotatable bonds is 7. The molecule has 0 heterocycles. The molecule has 138 valence electrons. The van der Waals surface area contributed by atoms with Crippen LogP contribution in [0, 0.1) is 0 Å². The van der Waals surface area contributed by atoms with Gasteiger partial charge in [0.25, 0.3) is 0 Å². The van der Waals surface area contributed by atoms with E-state index in [0.717, 1.165) is 36.0 Å². The van der Waals surface area contributed by atoms with Gasteiger partial charge >= 0.3 is 0 Å². The lowest BCUT2D eigenvalue weighted by Gasteiger charge is -2.23. The number of guanidine groups is 1. The molecule has 1 aromatic rings. The van der Waals surface area contributed by atoms with E-state index in [9.17, 15) is 0 Å². The number of aliphatic imine (C=N–C) groups is 1. The van der Waals surface area contributed by atoms with E-state index in [4.69, 9.17) is 9.47 Å². The molecule has 0 aliphatic rings. The van der Waals surface area contributed by atoms with Crippen LogP contribution in [0.25, 0.3) is 0 Å². The minimum absolute atomic E-state index is 0. The Morgan fingerprint density at radius 1 is 1.17 bits per heavy atom. The molecular weight excluding hydrogens is 417 g/mol. The first-order chi connectivity index (χ1) is 10.9.